The Morgan fingerprint density at radius 3 is 2.67 bits per heavy atom. The van der Waals surface area contributed by atoms with Crippen molar-refractivity contribution in [3.8, 4) is 0 Å². The van der Waals surface area contributed by atoms with Crippen LogP contribution in [0.3, 0.4) is 0 Å². The summed E-state index contributed by atoms with van der Waals surface area (Å²) in [5, 5.41) is 0. The van der Waals surface area contributed by atoms with Crippen molar-refractivity contribution in [1.82, 2.24) is 5.43 Å². The highest BCUT2D eigenvalue weighted by Gasteiger charge is 2.04. The molecule has 0 rings (SSSR count). The van der Waals surface area contributed by atoms with Gasteiger partial charge in [0.05, 0.1) is 6.61 Å². The maximum absolute atomic E-state index is 5.31. The summed E-state index contributed by atoms with van der Waals surface area (Å²) in [6.45, 7) is 4.29. The molecule has 0 aromatic rings. The van der Waals surface area contributed by atoms with Crippen molar-refractivity contribution in [3.63, 3.8) is 0 Å². The van der Waals surface area contributed by atoms with Crippen LogP contribution in [-0.4, -0.2) is 33.0 Å². The second-order valence-electron chi connectivity index (χ2n) is 2.72. The summed E-state index contributed by atoms with van der Waals surface area (Å²) in [7, 11) is 1.66. The first kappa shape index (κ1) is 11.8. The molecule has 4 nitrogen and oxygen atoms in total. The van der Waals surface area contributed by atoms with Gasteiger partial charge >= 0.3 is 0 Å². The summed E-state index contributed by atoms with van der Waals surface area (Å²) < 4.78 is 10.3. The average Bonchev–Trinajstić information content (AvgIpc) is 2.10. The summed E-state index contributed by atoms with van der Waals surface area (Å²) in [4.78, 5) is 0. The minimum absolute atomic E-state index is 0.201. The molecular weight excluding hydrogens is 156 g/mol. The molecule has 0 aromatic heterocycles. The maximum atomic E-state index is 5.31. The number of hydrogen-bond donors (Lipinski definition) is 2. The zero-order valence-electron chi connectivity index (χ0n) is 8.01. The van der Waals surface area contributed by atoms with Crippen LogP contribution in [0.5, 0.6) is 0 Å². The smallest absolute Gasteiger partial charge is 0.0630 e. The molecule has 1 unspecified atom stereocenters. The van der Waals surface area contributed by atoms with Crippen molar-refractivity contribution >= 4 is 0 Å². The predicted octanol–water partition coefficient (Wildman–Crippen LogP) is 0.281. The van der Waals surface area contributed by atoms with E-state index in [0.29, 0.717) is 6.61 Å². The molecule has 12 heavy (non-hydrogen) atoms. The Bertz CT molecular complexity index is 91.1. The van der Waals surface area contributed by atoms with Crippen LogP contribution in [0.25, 0.3) is 0 Å². The molecule has 0 bridgehead atoms. The standard InChI is InChI=1S/C8H20N2O2/c1-3-5-12-6-4-8(10-9)7-11-2/h8,10H,3-7,9H2,1-2H3. The monoisotopic (exact) mass is 176 g/mol. The molecule has 74 valence electrons. The third-order valence-electron chi connectivity index (χ3n) is 1.56. The van der Waals surface area contributed by atoms with Crippen molar-refractivity contribution < 1.29 is 9.47 Å². The van der Waals surface area contributed by atoms with E-state index in [2.05, 4.69) is 12.3 Å². The normalized spacial score (nSPS) is 13.2. The molecule has 0 saturated heterocycles. The second-order valence-corrected chi connectivity index (χ2v) is 2.72. The van der Waals surface area contributed by atoms with Crippen molar-refractivity contribution in [3.05, 3.63) is 0 Å². The van der Waals surface area contributed by atoms with Gasteiger partial charge in [-0.25, -0.2) is 0 Å². The lowest BCUT2D eigenvalue weighted by molar-refractivity contribution is 0.104. The van der Waals surface area contributed by atoms with Crippen LogP contribution < -0.4 is 11.3 Å². The van der Waals surface area contributed by atoms with E-state index in [9.17, 15) is 0 Å². The topological polar surface area (TPSA) is 56.5 Å². The molecule has 0 aliphatic rings. The predicted molar refractivity (Wildman–Crippen MR) is 48.7 cm³/mol. The molecule has 4 heteroatoms. The Labute approximate surface area is 74.4 Å². The minimum Gasteiger partial charge on any atom is -0.383 e. The van der Waals surface area contributed by atoms with Gasteiger partial charge in [0.2, 0.25) is 0 Å². The fourth-order valence-electron chi connectivity index (χ4n) is 0.888. The lowest BCUT2D eigenvalue weighted by Crippen LogP contribution is -2.39. The Morgan fingerprint density at radius 2 is 2.17 bits per heavy atom. The van der Waals surface area contributed by atoms with Gasteiger partial charge in [-0.3, -0.25) is 11.3 Å². The Morgan fingerprint density at radius 1 is 1.42 bits per heavy atom. The summed E-state index contributed by atoms with van der Waals surface area (Å²) in [6, 6.07) is 0.201. The van der Waals surface area contributed by atoms with Gasteiger partial charge in [-0.15, -0.1) is 0 Å². The van der Waals surface area contributed by atoms with Crippen LogP contribution in [0.2, 0.25) is 0 Å². The largest absolute Gasteiger partial charge is 0.383 e. The van der Waals surface area contributed by atoms with Crippen LogP contribution in [0.1, 0.15) is 19.8 Å². The van der Waals surface area contributed by atoms with Crippen molar-refractivity contribution in [2.75, 3.05) is 26.9 Å². The van der Waals surface area contributed by atoms with E-state index in [1.54, 1.807) is 7.11 Å². The zero-order chi connectivity index (χ0) is 9.23. The summed E-state index contributed by atoms with van der Waals surface area (Å²) in [5.41, 5.74) is 2.67. The van der Waals surface area contributed by atoms with Gasteiger partial charge < -0.3 is 9.47 Å². The fourth-order valence-corrected chi connectivity index (χ4v) is 0.888. The summed E-state index contributed by atoms with van der Waals surface area (Å²) in [5.74, 6) is 5.29. The summed E-state index contributed by atoms with van der Waals surface area (Å²) in [6.07, 6.45) is 1.95. The molecule has 0 saturated carbocycles. The first-order chi connectivity index (χ1) is 5.85. The highest BCUT2D eigenvalue weighted by atomic mass is 16.5. The van der Waals surface area contributed by atoms with E-state index in [1.807, 2.05) is 0 Å². The summed E-state index contributed by atoms with van der Waals surface area (Å²) >= 11 is 0. The number of ether oxygens (including phenoxy) is 2. The van der Waals surface area contributed by atoms with Gasteiger partial charge in [0.25, 0.3) is 0 Å². The van der Waals surface area contributed by atoms with Crippen LogP contribution >= 0.6 is 0 Å². The molecule has 0 aliphatic carbocycles. The molecule has 0 radical (unpaired) electrons. The average molecular weight is 176 g/mol. The molecule has 0 heterocycles. The minimum atomic E-state index is 0.201. The van der Waals surface area contributed by atoms with Crippen molar-refractivity contribution in [2.24, 2.45) is 5.84 Å². The molecule has 0 amide bonds. The van der Waals surface area contributed by atoms with Gasteiger partial charge in [0.1, 0.15) is 0 Å². The number of hydrogen-bond acceptors (Lipinski definition) is 4. The van der Waals surface area contributed by atoms with E-state index >= 15 is 0 Å². The number of methoxy groups -OCH3 is 1. The van der Waals surface area contributed by atoms with E-state index in [1.165, 1.54) is 0 Å². The van der Waals surface area contributed by atoms with Gasteiger partial charge in [-0.2, -0.15) is 0 Å². The third kappa shape index (κ3) is 6.54. The molecular formula is C8H20N2O2. The third-order valence-corrected chi connectivity index (χ3v) is 1.56. The van der Waals surface area contributed by atoms with E-state index < -0.39 is 0 Å². The quantitative estimate of drug-likeness (QED) is 0.317. The zero-order valence-corrected chi connectivity index (χ0v) is 8.01. The highest BCUT2D eigenvalue weighted by molar-refractivity contribution is 4.60. The van der Waals surface area contributed by atoms with Gasteiger partial charge in [-0.05, 0) is 12.8 Å². The highest BCUT2D eigenvalue weighted by Crippen LogP contribution is 1.92. The van der Waals surface area contributed by atoms with E-state index in [4.69, 9.17) is 15.3 Å². The Hall–Kier alpha value is -0.160. The van der Waals surface area contributed by atoms with E-state index in [0.717, 1.165) is 26.1 Å². The number of rotatable bonds is 8. The van der Waals surface area contributed by atoms with Crippen LogP contribution in [0.15, 0.2) is 0 Å². The molecule has 1 atom stereocenters. The Balaban J connectivity index is 3.19. The fraction of sp³-hybridized carbons (Fsp3) is 1.00. The van der Waals surface area contributed by atoms with Gasteiger partial charge in [-0.1, -0.05) is 6.92 Å². The lowest BCUT2D eigenvalue weighted by atomic mass is 10.2. The number of hydrazine groups is 1. The number of nitrogens with two attached hydrogens (primary N) is 1. The van der Waals surface area contributed by atoms with Crippen molar-refractivity contribution in [1.29, 1.82) is 0 Å². The molecule has 0 fully saturated rings. The van der Waals surface area contributed by atoms with Crippen LogP contribution in [0, 0.1) is 0 Å². The maximum Gasteiger partial charge on any atom is 0.0630 e. The number of nitrogens with one attached hydrogen (secondary N) is 1. The molecule has 3 N–H and O–H groups in total. The molecule has 0 aliphatic heterocycles. The Kier molecular flexibility index (Phi) is 8.81. The SMILES string of the molecule is CCCOCCC(COC)NN. The first-order valence-electron chi connectivity index (χ1n) is 4.38. The van der Waals surface area contributed by atoms with Crippen LogP contribution in [0.4, 0.5) is 0 Å². The molecule has 0 spiro atoms. The first-order valence-corrected chi connectivity index (χ1v) is 4.38. The lowest BCUT2D eigenvalue weighted by Gasteiger charge is -2.14. The van der Waals surface area contributed by atoms with Crippen molar-refractivity contribution in [2.45, 2.75) is 25.8 Å². The van der Waals surface area contributed by atoms with E-state index in [-0.39, 0.29) is 6.04 Å². The van der Waals surface area contributed by atoms with Crippen LogP contribution in [-0.2, 0) is 9.47 Å². The van der Waals surface area contributed by atoms with Gasteiger partial charge in [0.15, 0.2) is 0 Å². The molecule has 0 aromatic carbocycles. The van der Waals surface area contributed by atoms with Gasteiger partial charge in [0, 0.05) is 26.4 Å². The second kappa shape index (κ2) is 8.93.